The molecule has 0 aromatic heterocycles. The van der Waals surface area contributed by atoms with E-state index in [1.54, 1.807) is 7.11 Å². The molecule has 29 heavy (non-hydrogen) atoms. The molecule has 1 amide bonds. The average Bonchev–Trinajstić information content (AvgIpc) is 3.30. The molecule has 4 rings (SSSR count). The van der Waals surface area contributed by atoms with E-state index < -0.39 is 0 Å². The van der Waals surface area contributed by atoms with Crippen molar-refractivity contribution < 1.29 is 19.4 Å². The van der Waals surface area contributed by atoms with Gasteiger partial charge in [-0.15, -0.1) is 0 Å². The monoisotopic (exact) mass is 398 g/mol. The van der Waals surface area contributed by atoms with E-state index in [0.29, 0.717) is 12.5 Å². The average molecular weight is 399 g/mol. The minimum atomic E-state index is -0.250. The Bertz CT molecular complexity index is 835. The largest absolute Gasteiger partial charge is 0.483 e. The molecular weight excluding hydrogens is 368 g/mol. The zero-order valence-electron chi connectivity index (χ0n) is 17.0. The number of carbonyl (C=O) groups excluding carboxylic acids is 1. The van der Waals surface area contributed by atoms with Crippen molar-refractivity contribution in [3.63, 3.8) is 0 Å². The first kappa shape index (κ1) is 21.3. The minimum absolute atomic E-state index is 0.132. The van der Waals surface area contributed by atoms with Crippen molar-refractivity contribution >= 4 is 23.2 Å². The predicted octanol–water partition coefficient (Wildman–Crippen LogP) is 2.65. The van der Waals surface area contributed by atoms with Crippen LogP contribution in [0.3, 0.4) is 0 Å². The minimum Gasteiger partial charge on any atom is -0.483 e. The van der Waals surface area contributed by atoms with Gasteiger partial charge in [-0.05, 0) is 42.1 Å². The number of fused-ring (bicyclic) bond motifs is 1. The van der Waals surface area contributed by atoms with Gasteiger partial charge in [-0.2, -0.15) is 0 Å². The molecule has 0 saturated carbocycles. The van der Waals surface area contributed by atoms with E-state index in [9.17, 15) is 4.79 Å². The third-order valence-corrected chi connectivity index (χ3v) is 6.18. The Hall–Kier alpha value is -2.44. The summed E-state index contributed by atoms with van der Waals surface area (Å²) in [5.41, 5.74) is 1.27. The van der Waals surface area contributed by atoms with Gasteiger partial charge in [-0.1, -0.05) is 42.5 Å². The zero-order chi connectivity index (χ0) is 20.7. The fraction of sp³-hybridized carbons (Fsp3) is 0.478. The number of carbonyl (C=O) groups is 2. The highest BCUT2D eigenvalue weighted by Gasteiger charge is 2.50. The lowest BCUT2D eigenvalue weighted by Crippen LogP contribution is -2.38. The summed E-state index contributed by atoms with van der Waals surface area (Å²) in [6.45, 7) is 4.98. The molecule has 1 unspecified atom stereocenters. The first-order valence-electron chi connectivity index (χ1n) is 10.2. The molecule has 2 aliphatic heterocycles. The summed E-state index contributed by atoms with van der Waals surface area (Å²) in [4.78, 5) is 25.7. The van der Waals surface area contributed by atoms with Gasteiger partial charge >= 0.3 is 0 Å². The first-order valence-corrected chi connectivity index (χ1v) is 10.2. The number of methoxy groups -OCH3 is 1. The molecule has 0 radical (unpaired) electrons. The van der Waals surface area contributed by atoms with E-state index in [-0.39, 0.29) is 11.9 Å². The van der Waals surface area contributed by atoms with Gasteiger partial charge in [0.05, 0.1) is 12.0 Å². The lowest BCUT2D eigenvalue weighted by Gasteiger charge is -2.23. The van der Waals surface area contributed by atoms with Crippen molar-refractivity contribution in [1.29, 1.82) is 0 Å². The molecule has 2 aliphatic rings. The summed E-state index contributed by atoms with van der Waals surface area (Å²) in [5, 5.41) is 9.55. The van der Waals surface area contributed by atoms with Crippen LogP contribution in [0, 0.1) is 5.41 Å². The van der Waals surface area contributed by atoms with Crippen LogP contribution in [-0.2, 0) is 20.7 Å². The van der Waals surface area contributed by atoms with Gasteiger partial charge in [-0.3, -0.25) is 9.59 Å². The van der Waals surface area contributed by atoms with E-state index in [1.807, 2.05) is 4.90 Å². The second-order valence-electron chi connectivity index (χ2n) is 7.84. The summed E-state index contributed by atoms with van der Waals surface area (Å²) < 4.78 is 5.14. The van der Waals surface area contributed by atoms with Crippen LogP contribution in [0.15, 0.2) is 42.5 Å². The van der Waals surface area contributed by atoms with E-state index >= 15 is 0 Å². The maximum Gasteiger partial charge on any atom is 0.290 e. The van der Waals surface area contributed by atoms with Crippen LogP contribution >= 0.6 is 0 Å². The summed E-state index contributed by atoms with van der Waals surface area (Å²) in [7, 11) is 1.70. The molecule has 1 atom stereocenters. The van der Waals surface area contributed by atoms with Crippen LogP contribution < -0.4 is 0 Å². The van der Waals surface area contributed by atoms with E-state index in [0.717, 1.165) is 52.0 Å². The Balaban J connectivity index is 0.000000755. The molecule has 2 fully saturated rings. The Morgan fingerprint density at radius 1 is 1.10 bits per heavy atom. The quantitative estimate of drug-likeness (QED) is 0.758. The number of amides is 1. The van der Waals surface area contributed by atoms with Crippen molar-refractivity contribution in [2.45, 2.75) is 19.3 Å². The highest BCUT2D eigenvalue weighted by molar-refractivity contribution is 5.86. The number of carboxylic acid groups (broad SMARTS) is 1. The standard InChI is InChI=1S/C22H28N2O2.CH2O2/c1-26-16-15-24-14-11-22(21(24)25)10-13-23(17-22)12-9-19-7-4-6-18-5-2-3-8-20(18)19;2-1-3/h2-8H,9-17H2,1H3;1H,(H,2,3). The third-order valence-electron chi connectivity index (χ3n) is 6.18. The predicted molar refractivity (Wildman–Crippen MR) is 113 cm³/mol. The second-order valence-corrected chi connectivity index (χ2v) is 7.84. The summed E-state index contributed by atoms with van der Waals surface area (Å²) in [6.07, 6.45) is 3.05. The number of likely N-dealkylation sites (tertiary alicyclic amines) is 2. The Kier molecular flexibility index (Phi) is 7.23. The van der Waals surface area contributed by atoms with Gasteiger partial charge in [-0.25, -0.2) is 0 Å². The van der Waals surface area contributed by atoms with Crippen molar-refractivity contribution in [1.82, 2.24) is 9.80 Å². The summed E-state index contributed by atoms with van der Waals surface area (Å²) in [6, 6.07) is 15.2. The molecule has 6 heteroatoms. The van der Waals surface area contributed by atoms with Crippen LogP contribution in [-0.4, -0.2) is 73.7 Å². The second kappa shape index (κ2) is 9.85. The number of nitrogens with zero attached hydrogens (tertiary/aromatic N) is 2. The lowest BCUT2D eigenvalue weighted by atomic mass is 9.85. The van der Waals surface area contributed by atoms with E-state index in [2.05, 4.69) is 47.4 Å². The van der Waals surface area contributed by atoms with Crippen LogP contribution in [0.25, 0.3) is 10.8 Å². The number of hydrogen-bond donors (Lipinski definition) is 1. The lowest BCUT2D eigenvalue weighted by molar-refractivity contribution is -0.136. The van der Waals surface area contributed by atoms with Gasteiger partial charge in [0.1, 0.15) is 0 Å². The Morgan fingerprint density at radius 2 is 1.83 bits per heavy atom. The number of benzene rings is 2. The highest BCUT2D eigenvalue weighted by atomic mass is 16.5. The molecular formula is C23H30N2O4. The molecule has 2 aromatic rings. The van der Waals surface area contributed by atoms with Crippen LogP contribution in [0.2, 0.25) is 0 Å². The van der Waals surface area contributed by atoms with Gasteiger partial charge in [0.15, 0.2) is 0 Å². The highest BCUT2D eigenvalue weighted by Crippen LogP contribution is 2.40. The third kappa shape index (κ3) is 4.77. The molecule has 1 N–H and O–H groups in total. The topological polar surface area (TPSA) is 70.1 Å². The summed E-state index contributed by atoms with van der Waals surface area (Å²) in [5.74, 6) is 0.349. The van der Waals surface area contributed by atoms with E-state index in [1.165, 1.54) is 16.3 Å². The molecule has 1 spiro atoms. The van der Waals surface area contributed by atoms with Crippen LogP contribution in [0.5, 0.6) is 0 Å². The molecule has 0 bridgehead atoms. The van der Waals surface area contributed by atoms with Gasteiger partial charge in [0.2, 0.25) is 5.91 Å². The molecule has 2 heterocycles. The Labute approximate surface area is 172 Å². The molecule has 0 aliphatic carbocycles. The zero-order valence-corrected chi connectivity index (χ0v) is 17.0. The molecule has 156 valence electrons. The van der Waals surface area contributed by atoms with E-state index in [4.69, 9.17) is 14.6 Å². The first-order chi connectivity index (χ1) is 14.1. The van der Waals surface area contributed by atoms with Crippen LogP contribution in [0.1, 0.15) is 18.4 Å². The normalized spacial score (nSPS) is 21.6. The maximum atomic E-state index is 12.9. The van der Waals surface area contributed by atoms with Gasteiger partial charge in [0, 0.05) is 33.3 Å². The maximum absolute atomic E-state index is 12.9. The van der Waals surface area contributed by atoms with Crippen molar-refractivity contribution in [3.8, 4) is 0 Å². The number of ether oxygens (including phenoxy) is 1. The van der Waals surface area contributed by atoms with Crippen molar-refractivity contribution in [2.75, 3.05) is 46.4 Å². The molecule has 6 nitrogen and oxygen atoms in total. The SMILES string of the molecule is COCCN1CCC2(CCN(CCc3cccc4ccccc34)C2)C1=O.O=CO. The summed E-state index contributed by atoms with van der Waals surface area (Å²) >= 11 is 0. The molecule has 2 saturated heterocycles. The van der Waals surface area contributed by atoms with Gasteiger partial charge in [0.25, 0.3) is 6.47 Å². The fourth-order valence-corrected chi connectivity index (χ4v) is 4.62. The van der Waals surface area contributed by atoms with Gasteiger partial charge < -0.3 is 19.6 Å². The Morgan fingerprint density at radius 3 is 2.62 bits per heavy atom. The van der Waals surface area contributed by atoms with Crippen molar-refractivity contribution in [3.05, 3.63) is 48.0 Å². The number of rotatable bonds is 6. The fourth-order valence-electron chi connectivity index (χ4n) is 4.62. The van der Waals surface area contributed by atoms with Crippen molar-refractivity contribution in [2.24, 2.45) is 5.41 Å². The smallest absolute Gasteiger partial charge is 0.290 e. The molecule has 2 aromatic carbocycles. The number of hydrogen-bond acceptors (Lipinski definition) is 4. The van der Waals surface area contributed by atoms with Crippen LogP contribution in [0.4, 0.5) is 0 Å².